The molecular formula is C22H24FN3O6S. The monoisotopic (exact) mass is 477 g/mol. The zero-order valence-corrected chi connectivity index (χ0v) is 19.3. The van der Waals surface area contributed by atoms with Crippen molar-refractivity contribution in [3.8, 4) is 0 Å². The van der Waals surface area contributed by atoms with E-state index in [1.807, 2.05) is 4.72 Å². The second-order valence-corrected chi connectivity index (χ2v) is 9.74. The normalized spacial score (nSPS) is 16.9. The summed E-state index contributed by atoms with van der Waals surface area (Å²) in [6.07, 6.45) is -1.34. The van der Waals surface area contributed by atoms with E-state index in [1.54, 1.807) is 38.1 Å². The number of sulfonamides is 1. The number of esters is 1. The highest BCUT2D eigenvalue weighted by Gasteiger charge is 2.45. The fraction of sp³-hybridized carbons (Fsp3) is 0.318. The van der Waals surface area contributed by atoms with E-state index in [1.165, 1.54) is 30.9 Å². The molecule has 2 amide bonds. The minimum atomic E-state index is -4.35. The van der Waals surface area contributed by atoms with Crippen molar-refractivity contribution in [2.45, 2.75) is 50.3 Å². The molecule has 0 aliphatic carbocycles. The highest BCUT2D eigenvalue weighted by molar-refractivity contribution is 7.89. The number of anilines is 2. The fourth-order valence-corrected chi connectivity index (χ4v) is 4.63. The maximum atomic E-state index is 13.9. The molecule has 176 valence electrons. The Morgan fingerprint density at radius 2 is 1.70 bits per heavy atom. The minimum absolute atomic E-state index is 0.418. The number of amides is 2. The van der Waals surface area contributed by atoms with Crippen LogP contribution < -0.4 is 14.9 Å². The van der Waals surface area contributed by atoms with Crippen LogP contribution in [-0.2, 0) is 29.1 Å². The Labute approximate surface area is 191 Å². The summed E-state index contributed by atoms with van der Waals surface area (Å²) in [5, 5.41) is 2.73. The van der Waals surface area contributed by atoms with E-state index >= 15 is 0 Å². The number of carbonyl (C=O) groups excluding carboxylic acids is 3. The first-order valence-electron chi connectivity index (χ1n) is 10.1. The number of fused-ring (bicyclic) bond motifs is 1. The van der Waals surface area contributed by atoms with Crippen LogP contribution in [0, 0.1) is 5.82 Å². The lowest BCUT2D eigenvalue weighted by Crippen LogP contribution is -2.60. The summed E-state index contributed by atoms with van der Waals surface area (Å²) in [7, 11) is -4.35. The predicted octanol–water partition coefficient (Wildman–Crippen LogP) is 2.19. The van der Waals surface area contributed by atoms with Crippen molar-refractivity contribution in [3.05, 3.63) is 54.3 Å². The second kappa shape index (κ2) is 8.91. The van der Waals surface area contributed by atoms with Crippen molar-refractivity contribution in [2.24, 2.45) is 0 Å². The molecule has 3 rings (SSSR count). The highest BCUT2D eigenvalue weighted by Crippen LogP contribution is 2.37. The van der Waals surface area contributed by atoms with E-state index in [2.05, 4.69) is 5.32 Å². The first-order valence-corrected chi connectivity index (χ1v) is 11.6. The molecule has 1 heterocycles. The molecule has 11 heteroatoms. The number of nitrogens with zero attached hydrogens (tertiary/aromatic N) is 1. The molecule has 0 spiro atoms. The third-order valence-corrected chi connectivity index (χ3v) is 6.75. The molecule has 0 unspecified atom stereocenters. The molecule has 1 aliphatic rings. The second-order valence-electron chi connectivity index (χ2n) is 8.06. The Bertz CT molecular complexity index is 1210. The molecule has 9 nitrogen and oxygen atoms in total. The molecule has 1 aliphatic heterocycles. The Balaban J connectivity index is 1.76. The maximum absolute atomic E-state index is 13.9. The van der Waals surface area contributed by atoms with Gasteiger partial charge in [-0.15, -0.1) is 0 Å². The maximum Gasteiger partial charge on any atom is 0.324 e. The minimum Gasteiger partial charge on any atom is -0.451 e. The SMILES string of the molecule is C[C@H](NS(=O)(=O)c1ccccc1F)C(=O)O[C@@H](C)C(=O)N1c2ccccc2NC(=O)C1(C)C. The summed E-state index contributed by atoms with van der Waals surface area (Å²) >= 11 is 0. The Kier molecular flexibility index (Phi) is 6.57. The van der Waals surface area contributed by atoms with Crippen LogP contribution in [0.15, 0.2) is 53.4 Å². The molecule has 0 saturated heterocycles. The molecule has 2 aromatic rings. The van der Waals surface area contributed by atoms with E-state index in [0.29, 0.717) is 11.4 Å². The van der Waals surface area contributed by atoms with Gasteiger partial charge < -0.3 is 10.1 Å². The van der Waals surface area contributed by atoms with Gasteiger partial charge in [0.25, 0.3) is 5.91 Å². The van der Waals surface area contributed by atoms with E-state index in [9.17, 15) is 27.2 Å². The van der Waals surface area contributed by atoms with Crippen molar-refractivity contribution in [2.75, 3.05) is 10.2 Å². The zero-order chi connectivity index (χ0) is 24.6. The van der Waals surface area contributed by atoms with Gasteiger partial charge in [-0.3, -0.25) is 19.3 Å². The van der Waals surface area contributed by atoms with E-state index in [0.717, 1.165) is 12.1 Å². The van der Waals surface area contributed by atoms with Crippen molar-refractivity contribution < 1.29 is 31.9 Å². The molecule has 0 saturated carbocycles. The van der Waals surface area contributed by atoms with Crippen LogP contribution in [0.25, 0.3) is 0 Å². The van der Waals surface area contributed by atoms with E-state index in [4.69, 9.17) is 4.74 Å². The number of benzene rings is 2. The highest BCUT2D eigenvalue weighted by atomic mass is 32.2. The number of ether oxygens (including phenoxy) is 1. The van der Waals surface area contributed by atoms with Gasteiger partial charge in [-0.2, -0.15) is 4.72 Å². The number of carbonyl (C=O) groups is 3. The topological polar surface area (TPSA) is 122 Å². The number of hydrogen-bond acceptors (Lipinski definition) is 6. The van der Waals surface area contributed by atoms with Gasteiger partial charge in [0.2, 0.25) is 15.9 Å². The number of para-hydroxylation sites is 2. The molecule has 2 atom stereocenters. The molecule has 33 heavy (non-hydrogen) atoms. The number of hydrogen-bond donors (Lipinski definition) is 2. The first-order chi connectivity index (χ1) is 15.4. The van der Waals surface area contributed by atoms with Gasteiger partial charge in [0.05, 0.1) is 11.4 Å². The molecule has 0 radical (unpaired) electrons. The van der Waals surface area contributed by atoms with Crippen LogP contribution in [0.5, 0.6) is 0 Å². The summed E-state index contributed by atoms with van der Waals surface area (Å²) in [4.78, 5) is 38.9. The zero-order valence-electron chi connectivity index (χ0n) is 18.5. The van der Waals surface area contributed by atoms with Crippen LogP contribution in [0.3, 0.4) is 0 Å². The molecule has 0 aromatic heterocycles. The summed E-state index contributed by atoms with van der Waals surface area (Å²) in [5.41, 5.74) is -0.410. The van der Waals surface area contributed by atoms with Crippen LogP contribution in [0.2, 0.25) is 0 Å². The average Bonchev–Trinajstić information content (AvgIpc) is 2.73. The Morgan fingerprint density at radius 1 is 1.09 bits per heavy atom. The summed E-state index contributed by atoms with van der Waals surface area (Å²) < 4.78 is 45.9. The molecule has 2 N–H and O–H groups in total. The van der Waals surface area contributed by atoms with E-state index < -0.39 is 56.2 Å². The quantitative estimate of drug-likeness (QED) is 0.615. The Hall–Kier alpha value is -3.31. The first kappa shape index (κ1) is 24.3. The van der Waals surface area contributed by atoms with E-state index in [-0.39, 0.29) is 0 Å². The van der Waals surface area contributed by atoms with Crippen LogP contribution in [0.1, 0.15) is 27.7 Å². The van der Waals surface area contributed by atoms with Crippen LogP contribution in [0.4, 0.5) is 15.8 Å². The summed E-state index contributed by atoms with van der Waals surface area (Å²) in [6, 6.07) is 9.99. The standard InChI is InChI=1S/C22H24FN3O6S/c1-13(25-33(30,31)18-12-8-5-9-15(18)23)20(28)32-14(2)19(27)26-17-11-7-6-10-16(17)24-21(29)22(26,3)4/h5-14,25H,1-4H3,(H,24,29)/t13-,14-/m0/s1. The molecular weight excluding hydrogens is 453 g/mol. The van der Waals surface area contributed by atoms with Crippen molar-refractivity contribution in [1.29, 1.82) is 0 Å². The van der Waals surface area contributed by atoms with Crippen molar-refractivity contribution >= 4 is 39.2 Å². The van der Waals surface area contributed by atoms with Crippen LogP contribution >= 0.6 is 0 Å². The third kappa shape index (κ3) is 4.74. The summed E-state index contributed by atoms with van der Waals surface area (Å²) in [5.74, 6) is -3.10. The smallest absolute Gasteiger partial charge is 0.324 e. The summed E-state index contributed by atoms with van der Waals surface area (Å²) in [6.45, 7) is 5.64. The van der Waals surface area contributed by atoms with Gasteiger partial charge in [0.15, 0.2) is 6.10 Å². The van der Waals surface area contributed by atoms with Gasteiger partial charge in [-0.25, -0.2) is 12.8 Å². The van der Waals surface area contributed by atoms with Gasteiger partial charge >= 0.3 is 5.97 Å². The number of rotatable bonds is 6. The van der Waals surface area contributed by atoms with Crippen molar-refractivity contribution in [1.82, 2.24) is 4.72 Å². The molecule has 0 fully saturated rings. The van der Waals surface area contributed by atoms with Gasteiger partial charge in [0.1, 0.15) is 22.3 Å². The molecule has 0 bridgehead atoms. The lowest BCUT2D eigenvalue weighted by atomic mass is 9.95. The van der Waals surface area contributed by atoms with Gasteiger partial charge in [-0.05, 0) is 52.0 Å². The lowest BCUT2D eigenvalue weighted by Gasteiger charge is -2.42. The van der Waals surface area contributed by atoms with Gasteiger partial charge in [0, 0.05) is 0 Å². The number of nitrogens with one attached hydrogen (secondary N) is 2. The lowest BCUT2D eigenvalue weighted by molar-refractivity contribution is -0.155. The number of halogens is 1. The fourth-order valence-electron chi connectivity index (χ4n) is 3.36. The third-order valence-electron chi connectivity index (χ3n) is 5.18. The Morgan fingerprint density at radius 3 is 2.36 bits per heavy atom. The predicted molar refractivity (Wildman–Crippen MR) is 118 cm³/mol. The van der Waals surface area contributed by atoms with Crippen LogP contribution in [-0.4, -0.2) is 43.9 Å². The largest absolute Gasteiger partial charge is 0.451 e. The van der Waals surface area contributed by atoms with Crippen molar-refractivity contribution in [3.63, 3.8) is 0 Å². The average molecular weight is 478 g/mol. The van der Waals surface area contributed by atoms with Gasteiger partial charge in [-0.1, -0.05) is 24.3 Å². The molecule has 2 aromatic carbocycles.